The first-order valence-corrected chi connectivity index (χ1v) is 8.97. The zero-order valence-electron chi connectivity index (χ0n) is 15.5. The van der Waals surface area contributed by atoms with E-state index < -0.39 is 17.1 Å². The van der Waals surface area contributed by atoms with Gasteiger partial charge in [0.05, 0.1) is 17.6 Å². The average Bonchev–Trinajstić information content (AvgIpc) is 2.51. The average molecular weight is 384 g/mol. The van der Waals surface area contributed by atoms with Crippen LogP contribution in [-0.2, 0) is 18.3 Å². The Morgan fingerprint density at radius 1 is 1.11 bits per heavy atom. The molecule has 0 fully saturated rings. The molecule has 0 amide bonds. The summed E-state index contributed by atoms with van der Waals surface area (Å²) < 4.78 is 11.1. The standard InChI is InChI=1S/C21H20O7/c1-10-3-11(22)5-15-18(10)20(26)19-16(28-15)6-13(24)8-21(19,2)9-14-4-12(23)7-17(25)27-14/h3-5,7,13,22-24H,6,8-9H2,1-2H3/t13-,21-/m0/s1. The van der Waals surface area contributed by atoms with Gasteiger partial charge in [-0.05, 0) is 25.0 Å². The molecule has 0 unspecified atom stereocenters. The zero-order valence-corrected chi connectivity index (χ0v) is 15.5. The fourth-order valence-electron chi connectivity index (χ4n) is 4.35. The molecule has 2 heterocycles. The molecule has 146 valence electrons. The van der Waals surface area contributed by atoms with Crippen molar-refractivity contribution in [1.29, 1.82) is 0 Å². The van der Waals surface area contributed by atoms with Crippen LogP contribution >= 0.6 is 0 Å². The van der Waals surface area contributed by atoms with Gasteiger partial charge in [-0.2, -0.15) is 0 Å². The van der Waals surface area contributed by atoms with Crippen molar-refractivity contribution < 1.29 is 24.2 Å². The number of phenols is 1. The predicted octanol–water partition coefficient (Wildman–Crippen LogP) is 2.27. The van der Waals surface area contributed by atoms with Gasteiger partial charge < -0.3 is 24.2 Å². The maximum Gasteiger partial charge on any atom is 0.339 e. The molecule has 3 aromatic rings. The Bertz CT molecular complexity index is 1200. The first-order chi connectivity index (χ1) is 13.2. The van der Waals surface area contributed by atoms with E-state index in [1.807, 2.05) is 0 Å². The predicted molar refractivity (Wildman–Crippen MR) is 101 cm³/mol. The van der Waals surface area contributed by atoms with Crippen LogP contribution in [-0.4, -0.2) is 21.4 Å². The van der Waals surface area contributed by atoms with Crippen molar-refractivity contribution in [2.24, 2.45) is 0 Å². The number of fused-ring (bicyclic) bond motifs is 2. The number of aliphatic hydroxyl groups excluding tert-OH is 1. The summed E-state index contributed by atoms with van der Waals surface area (Å²) in [6.07, 6.45) is -0.170. The summed E-state index contributed by atoms with van der Waals surface area (Å²) in [5.74, 6) is 0.345. The van der Waals surface area contributed by atoms with Crippen LogP contribution in [0.2, 0.25) is 0 Å². The van der Waals surface area contributed by atoms with E-state index in [4.69, 9.17) is 8.83 Å². The van der Waals surface area contributed by atoms with Crippen molar-refractivity contribution >= 4 is 11.0 Å². The van der Waals surface area contributed by atoms with E-state index in [1.165, 1.54) is 18.2 Å². The molecule has 2 atom stereocenters. The van der Waals surface area contributed by atoms with E-state index in [-0.39, 0.29) is 47.5 Å². The molecule has 28 heavy (non-hydrogen) atoms. The number of aryl methyl sites for hydroxylation is 1. The number of benzene rings is 1. The third kappa shape index (κ3) is 2.97. The van der Waals surface area contributed by atoms with Crippen LogP contribution < -0.4 is 11.1 Å². The molecule has 0 aliphatic heterocycles. The molecule has 7 heteroatoms. The second-order valence-electron chi connectivity index (χ2n) is 7.77. The van der Waals surface area contributed by atoms with Gasteiger partial charge in [0, 0.05) is 36.0 Å². The first-order valence-electron chi connectivity index (χ1n) is 8.97. The minimum Gasteiger partial charge on any atom is -0.508 e. The number of hydrogen-bond acceptors (Lipinski definition) is 7. The number of aliphatic hydroxyl groups is 1. The normalized spacial score (nSPS) is 21.6. The van der Waals surface area contributed by atoms with Gasteiger partial charge in [-0.15, -0.1) is 0 Å². The fraction of sp³-hybridized carbons (Fsp3) is 0.333. The molecule has 1 aromatic carbocycles. The summed E-state index contributed by atoms with van der Waals surface area (Å²) in [6, 6.07) is 5.18. The minimum atomic E-state index is -0.865. The second-order valence-corrected chi connectivity index (χ2v) is 7.77. The van der Waals surface area contributed by atoms with Crippen molar-refractivity contribution in [2.75, 3.05) is 0 Å². The molecule has 0 radical (unpaired) electrons. The smallest absolute Gasteiger partial charge is 0.339 e. The molecule has 0 saturated heterocycles. The summed E-state index contributed by atoms with van der Waals surface area (Å²) in [7, 11) is 0. The minimum absolute atomic E-state index is 0.00578. The highest BCUT2D eigenvalue weighted by Gasteiger charge is 2.41. The summed E-state index contributed by atoms with van der Waals surface area (Å²) in [5, 5.41) is 30.3. The summed E-state index contributed by atoms with van der Waals surface area (Å²) >= 11 is 0. The topological polar surface area (TPSA) is 121 Å². The van der Waals surface area contributed by atoms with Crippen molar-refractivity contribution in [3.05, 3.63) is 67.6 Å². The monoisotopic (exact) mass is 384 g/mol. The number of phenolic OH excluding ortho intramolecular Hbond substituents is 1. The Balaban J connectivity index is 1.95. The fourth-order valence-corrected chi connectivity index (χ4v) is 4.35. The maximum absolute atomic E-state index is 13.4. The van der Waals surface area contributed by atoms with Gasteiger partial charge in [-0.25, -0.2) is 4.79 Å². The van der Waals surface area contributed by atoms with E-state index in [0.717, 1.165) is 6.07 Å². The number of rotatable bonds is 2. The molecular weight excluding hydrogens is 364 g/mol. The highest BCUT2D eigenvalue weighted by atomic mass is 16.4. The molecule has 2 aromatic heterocycles. The molecule has 0 spiro atoms. The lowest BCUT2D eigenvalue weighted by Crippen LogP contribution is -2.41. The maximum atomic E-state index is 13.4. The molecule has 4 rings (SSSR count). The van der Waals surface area contributed by atoms with Crippen LogP contribution in [0.15, 0.2) is 42.7 Å². The Kier molecular flexibility index (Phi) is 4.08. The van der Waals surface area contributed by atoms with E-state index in [1.54, 1.807) is 13.8 Å². The lowest BCUT2D eigenvalue weighted by Gasteiger charge is -2.36. The van der Waals surface area contributed by atoms with Gasteiger partial charge in [0.15, 0.2) is 5.43 Å². The molecule has 7 nitrogen and oxygen atoms in total. The highest BCUT2D eigenvalue weighted by Crippen LogP contribution is 2.40. The van der Waals surface area contributed by atoms with Crippen molar-refractivity contribution in [1.82, 2.24) is 0 Å². The third-order valence-electron chi connectivity index (χ3n) is 5.33. The van der Waals surface area contributed by atoms with Crippen molar-refractivity contribution in [2.45, 2.75) is 44.6 Å². The van der Waals surface area contributed by atoms with Crippen LogP contribution in [0.3, 0.4) is 0 Å². The summed E-state index contributed by atoms with van der Waals surface area (Å²) in [5.41, 5.74) is -0.510. The van der Waals surface area contributed by atoms with Crippen LogP contribution in [0.1, 0.15) is 36.0 Å². The SMILES string of the molecule is Cc1cc(O)cc2oc3c(c(=O)c12)[C@](C)(Cc1cc(O)cc(=O)o1)C[C@@H](O)C3. The number of aromatic hydroxyl groups is 2. The molecular formula is C21H20O7. The zero-order chi connectivity index (χ0) is 20.2. The molecule has 1 aliphatic rings. The summed E-state index contributed by atoms with van der Waals surface area (Å²) in [6.45, 7) is 3.52. The van der Waals surface area contributed by atoms with Crippen LogP contribution in [0.4, 0.5) is 0 Å². The lowest BCUT2D eigenvalue weighted by molar-refractivity contribution is 0.110. The first kappa shape index (κ1) is 18.3. The Hall–Kier alpha value is -3.06. The van der Waals surface area contributed by atoms with E-state index in [9.17, 15) is 24.9 Å². The Morgan fingerprint density at radius 2 is 1.82 bits per heavy atom. The van der Waals surface area contributed by atoms with E-state index >= 15 is 0 Å². The quantitative estimate of drug-likeness (QED) is 0.620. The summed E-state index contributed by atoms with van der Waals surface area (Å²) in [4.78, 5) is 25.0. The third-order valence-corrected chi connectivity index (χ3v) is 5.33. The second kappa shape index (κ2) is 6.24. The highest BCUT2D eigenvalue weighted by molar-refractivity contribution is 5.82. The van der Waals surface area contributed by atoms with Crippen LogP contribution in [0, 0.1) is 6.92 Å². The molecule has 0 bridgehead atoms. The van der Waals surface area contributed by atoms with Gasteiger partial charge in [-0.3, -0.25) is 4.79 Å². The van der Waals surface area contributed by atoms with Crippen molar-refractivity contribution in [3.63, 3.8) is 0 Å². The number of hydrogen-bond donors (Lipinski definition) is 3. The van der Waals surface area contributed by atoms with Crippen LogP contribution in [0.5, 0.6) is 11.5 Å². The van der Waals surface area contributed by atoms with Gasteiger partial charge in [0.2, 0.25) is 0 Å². The molecule has 3 N–H and O–H groups in total. The van der Waals surface area contributed by atoms with Gasteiger partial charge in [0.1, 0.15) is 28.6 Å². The van der Waals surface area contributed by atoms with Crippen LogP contribution in [0.25, 0.3) is 11.0 Å². The van der Waals surface area contributed by atoms with Gasteiger partial charge >= 0.3 is 5.63 Å². The Labute approximate surface area is 159 Å². The Morgan fingerprint density at radius 3 is 2.54 bits per heavy atom. The van der Waals surface area contributed by atoms with Gasteiger partial charge in [0.25, 0.3) is 0 Å². The largest absolute Gasteiger partial charge is 0.508 e. The van der Waals surface area contributed by atoms with E-state index in [2.05, 4.69) is 0 Å². The van der Waals surface area contributed by atoms with Gasteiger partial charge in [-0.1, -0.05) is 6.92 Å². The lowest BCUT2D eigenvalue weighted by atomic mass is 9.69. The van der Waals surface area contributed by atoms with Crippen molar-refractivity contribution in [3.8, 4) is 11.5 Å². The molecule has 1 aliphatic carbocycles. The van der Waals surface area contributed by atoms with E-state index in [0.29, 0.717) is 22.3 Å². The molecule has 0 saturated carbocycles.